The van der Waals surface area contributed by atoms with Crippen LogP contribution >= 0.6 is 0 Å². The Morgan fingerprint density at radius 3 is 2.57 bits per heavy atom. The van der Waals surface area contributed by atoms with Crippen LogP contribution < -0.4 is 0 Å². The van der Waals surface area contributed by atoms with E-state index in [0.29, 0.717) is 18.8 Å². The number of carbonyl (C=O) groups is 1. The third-order valence-electron chi connectivity index (χ3n) is 2.74. The van der Waals surface area contributed by atoms with Gasteiger partial charge >= 0.3 is 0 Å². The Morgan fingerprint density at radius 2 is 2.14 bits per heavy atom. The Labute approximate surface area is 82.7 Å². The lowest BCUT2D eigenvalue weighted by atomic mass is 10.1. The number of rotatable bonds is 1. The normalized spacial score (nSPS) is 16.9. The number of amides is 1. The summed E-state index contributed by atoms with van der Waals surface area (Å²) in [6.07, 6.45) is -0.333. The van der Waals surface area contributed by atoms with Crippen molar-refractivity contribution in [1.82, 2.24) is 9.47 Å². The number of hydrogen-bond donors (Lipinski definition) is 1. The van der Waals surface area contributed by atoms with E-state index in [-0.39, 0.29) is 12.0 Å². The average Bonchev–Trinajstić information content (AvgIpc) is 2.42. The first-order valence-corrected chi connectivity index (χ1v) is 4.69. The Morgan fingerprint density at radius 1 is 1.50 bits per heavy atom. The summed E-state index contributed by atoms with van der Waals surface area (Å²) in [6.45, 7) is 2.88. The number of β-amino-alcohol motifs (C(OH)–C–C–N with tert-alkyl or cyclic N) is 1. The maximum Gasteiger partial charge on any atom is 0.270 e. The summed E-state index contributed by atoms with van der Waals surface area (Å²) in [7, 11) is 1.87. The highest BCUT2D eigenvalue weighted by atomic mass is 16.3. The number of aryl methyl sites for hydroxylation is 1. The van der Waals surface area contributed by atoms with E-state index in [0.717, 1.165) is 5.69 Å². The quantitative estimate of drug-likeness (QED) is 0.691. The van der Waals surface area contributed by atoms with Gasteiger partial charge in [0.1, 0.15) is 5.69 Å². The van der Waals surface area contributed by atoms with Gasteiger partial charge in [-0.15, -0.1) is 0 Å². The van der Waals surface area contributed by atoms with Crippen LogP contribution in [0, 0.1) is 6.92 Å². The largest absolute Gasteiger partial charge is 0.389 e. The van der Waals surface area contributed by atoms with Crippen molar-refractivity contribution in [2.75, 3.05) is 13.1 Å². The minimum absolute atomic E-state index is 0.00546. The smallest absolute Gasteiger partial charge is 0.270 e. The standard InChI is InChI=1S/C10H14N2O2/c1-7-3-4-9(11(7)2)10(14)12-5-8(13)6-12/h3-4,8,13H,5-6H2,1-2H3. The summed E-state index contributed by atoms with van der Waals surface area (Å²) in [4.78, 5) is 13.5. The fourth-order valence-corrected chi connectivity index (χ4v) is 1.61. The predicted octanol–water partition coefficient (Wildman–Crippen LogP) is 0.150. The van der Waals surface area contributed by atoms with Gasteiger partial charge in [0.2, 0.25) is 0 Å². The molecule has 1 fully saturated rings. The monoisotopic (exact) mass is 194 g/mol. The van der Waals surface area contributed by atoms with E-state index < -0.39 is 0 Å². The van der Waals surface area contributed by atoms with E-state index in [1.54, 1.807) is 4.90 Å². The summed E-state index contributed by atoms with van der Waals surface area (Å²) >= 11 is 0. The first-order chi connectivity index (χ1) is 6.59. The van der Waals surface area contributed by atoms with Crippen LogP contribution in [-0.2, 0) is 7.05 Å². The summed E-state index contributed by atoms with van der Waals surface area (Å²) in [6, 6.07) is 3.74. The van der Waals surface area contributed by atoms with Gasteiger partial charge in [0, 0.05) is 25.8 Å². The van der Waals surface area contributed by atoms with Crippen LogP contribution in [0.3, 0.4) is 0 Å². The molecule has 4 heteroatoms. The van der Waals surface area contributed by atoms with Gasteiger partial charge in [-0.1, -0.05) is 0 Å². The second-order valence-corrected chi connectivity index (χ2v) is 3.78. The fraction of sp³-hybridized carbons (Fsp3) is 0.500. The zero-order chi connectivity index (χ0) is 10.3. The number of hydrogen-bond acceptors (Lipinski definition) is 2. The van der Waals surface area contributed by atoms with Crippen LogP contribution in [0.4, 0.5) is 0 Å². The molecule has 1 aliphatic heterocycles. The van der Waals surface area contributed by atoms with Crippen molar-refractivity contribution in [2.24, 2.45) is 7.05 Å². The number of aromatic nitrogens is 1. The predicted molar refractivity (Wildman–Crippen MR) is 52.1 cm³/mol. The lowest BCUT2D eigenvalue weighted by Gasteiger charge is -2.35. The molecule has 1 amide bonds. The molecule has 1 aliphatic rings. The van der Waals surface area contributed by atoms with Gasteiger partial charge in [-0.2, -0.15) is 0 Å². The van der Waals surface area contributed by atoms with Gasteiger partial charge in [-0.25, -0.2) is 0 Å². The SMILES string of the molecule is Cc1ccc(C(=O)N2CC(O)C2)n1C. The zero-order valence-corrected chi connectivity index (χ0v) is 8.40. The topological polar surface area (TPSA) is 45.5 Å². The maximum absolute atomic E-state index is 11.8. The van der Waals surface area contributed by atoms with Crippen LogP contribution in [0.2, 0.25) is 0 Å². The van der Waals surface area contributed by atoms with Crippen LogP contribution in [0.15, 0.2) is 12.1 Å². The lowest BCUT2D eigenvalue weighted by molar-refractivity contribution is 0.00525. The van der Waals surface area contributed by atoms with Crippen molar-refractivity contribution in [3.63, 3.8) is 0 Å². The Hall–Kier alpha value is -1.29. The highest BCUT2D eigenvalue weighted by Gasteiger charge is 2.30. The summed E-state index contributed by atoms with van der Waals surface area (Å²) in [5, 5.41) is 9.09. The second kappa shape index (κ2) is 3.13. The van der Waals surface area contributed by atoms with Crippen LogP contribution in [0.1, 0.15) is 16.2 Å². The summed E-state index contributed by atoms with van der Waals surface area (Å²) in [5.74, 6) is 0.00546. The molecule has 1 saturated heterocycles. The Kier molecular flexibility index (Phi) is 2.07. The minimum atomic E-state index is -0.333. The fourth-order valence-electron chi connectivity index (χ4n) is 1.61. The van der Waals surface area contributed by atoms with Crippen molar-refractivity contribution < 1.29 is 9.90 Å². The highest BCUT2D eigenvalue weighted by Crippen LogP contribution is 2.14. The zero-order valence-electron chi connectivity index (χ0n) is 8.40. The van der Waals surface area contributed by atoms with Gasteiger partial charge in [0.25, 0.3) is 5.91 Å². The lowest BCUT2D eigenvalue weighted by Crippen LogP contribution is -2.53. The van der Waals surface area contributed by atoms with Crippen molar-refractivity contribution in [1.29, 1.82) is 0 Å². The third-order valence-corrected chi connectivity index (χ3v) is 2.74. The van der Waals surface area contributed by atoms with E-state index in [9.17, 15) is 4.79 Å². The molecule has 0 atom stereocenters. The molecule has 2 rings (SSSR count). The minimum Gasteiger partial charge on any atom is -0.389 e. The first-order valence-electron chi connectivity index (χ1n) is 4.69. The molecule has 14 heavy (non-hydrogen) atoms. The molecule has 1 aromatic heterocycles. The molecule has 0 saturated carbocycles. The Bertz CT molecular complexity index is 364. The van der Waals surface area contributed by atoms with E-state index in [1.165, 1.54) is 0 Å². The third kappa shape index (κ3) is 1.32. The number of aliphatic hydroxyl groups is 1. The first kappa shape index (κ1) is 9.27. The van der Waals surface area contributed by atoms with Gasteiger partial charge in [0.05, 0.1) is 6.10 Å². The van der Waals surface area contributed by atoms with Crippen molar-refractivity contribution >= 4 is 5.91 Å². The maximum atomic E-state index is 11.8. The van der Waals surface area contributed by atoms with Gasteiger partial charge in [-0.05, 0) is 19.1 Å². The molecule has 0 bridgehead atoms. The van der Waals surface area contributed by atoms with Crippen molar-refractivity contribution in [3.05, 3.63) is 23.5 Å². The molecule has 0 unspecified atom stereocenters. The van der Waals surface area contributed by atoms with Crippen molar-refractivity contribution in [2.45, 2.75) is 13.0 Å². The highest BCUT2D eigenvalue weighted by molar-refractivity contribution is 5.93. The molecule has 0 spiro atoms. The molecule has 2 heterocycles. The second-order valence-electron chi connectivity index (χ2n) is 3.78. The van der Waals surface area contributed by atoms with Crippen LogP contribution in [0.25, 0.3) is 0 Å². The van der Waals surface area contributed by atoms with Gasteiger partial charge in [0.15, 0.2) is 0 Å². The molecule has 0 aromatic carbocycles. The van der Waals surface area contributed by atoms with Crippen LogP contribution in [-0.4, -0.2) is 39.7 Å². The van der Waals surface area contributed by atoms with E-state index in [2.05, 4.69) is 0 Å². The number of aliphatic hydroxyl groups excluding tert-OH is 1. The molecule has 0 radical (unpaired) electrons. The van der Waals surface area contributed by atoms with E-state index in [1.807, 2.05) is 30.7 Å². The molecular formula is C10H14N2O2. The van der Waals surface area contributed by atoms with Gasteiger partial charge < -0.3 is 14.6 Å². The van der Waals surface area contributed by atoms with Crippen LogP contribution in [0.5, 0.6) is 0 Å². The molecular weight excluding hydrogens is 180 g/mol. The van der Waals surface area contributed by atoms with Crippen molar-refractivity contribution in [3.8, 4) is 0 Å². The molecule has 1 N–H and O–H groups in total. The summed E-state index contributed by atoms with van der Waals surface area (Å²) < 4.78 is 1.87. The molecule has 76 valence electrons. The Balaban J connectivity index is 2.16. The number of carbonyl (C=O) groups excluding carboxylic acids is 1. The molecule has 0 aliphatic carbocycles. The molecule has 1 aromatic rings. The molecule has 4 nitrogen and oxygen atoms in total. The number of likely N-dealkylation sites (tertiary alicyclic amines) is 1. The van der Waals surface area contributed by atoms with E-state index in [4.69, 9.17) is 5.11 Å². The van der Waals surface area contributed by atoms with Gasteiger partial charge in [-0.3, -0.25) is 4.79 Å². The average molecular weight is 194 g/mol. The number of nitrogens with zero attached hydrogens (tertiary/aromatic N) is 2. The van der Waals surface area contributed by atoms with E-state index >= 15 is 0 Å². The summed E-state index contributed by atoms with van der Waals surface area (Å²) in [5.41, 5.74) is 1.75.